The third kappa shape index (κ3) is 2.16. The summed E-state index contributed by atoms with van der Waals surface area (Å²) in [6.07, 6.45) is 7.59. The number of amides is 1. The predicted molar refractivity (Wildman–Crippen MR) is 69.0 cm³/mol. The number of rotatable bonds is 1. The summed E-state index contributed by atoms with van der Waals surface area (Å²) in [4.78, 5) is 14.8. The van der Waals surface area contributed by atoms with E-state index in [-0.39, 0.29) is 17.9 Å². The lowest BCUT2D eigenvalue weighted by atomic mass is 9.78. The molecular formula is C14H24N2O2. The van der Waals surface area contributed by atoms with Gasteiger partial charge in [0.2, 0.25) is 5.91 Å². The Labute approximate surface area is 109 Å². The van der Waals surface area contributed by atoms with E-state index >= 15 is 0 Å². The zero-order chi connectivity index (χ0) is 12.5. The van der Waals surface area contributed by atoms with Crippen LogP contribution < -0.4 is 5.73 Å². The van der Waals surface area contributed by atoms with E-state index in [0.29, 0.717) is 19.3 Å². The number of ether oxygens (including phenoxy) is 1. The molecule has 18 heavy (non-hydrogen) atoms. The van der Waals surface area contributed by atoms with Crippen molar-refractivity contribution >= 4 is 5.91 Å². The predicted octanol–water partition coefficient (Wildman–Crippen LogP) is 1.14. The molecule has 0 aromatic rings. The van der Waals surface area contributed by atoms with Gasteiger partial charge in [-0.05, 0) is 31.6 Å². The van der Waals surface area contributed by atoms with Crippen LogP contribution in [-0.4, -0.2) is 42.6 Å². The Kier molecular flexibility index (Phi) is 3.57. The highest BCUT2D eigenvalue weighted by Gasteiger charge is 2.41. The fourth-order valence-electron chi connectivity index (χ4n) is 3.94. The van der Waals surface area contributed by atoms with Gasteiger partial charge in [-0.25, -0.2) is 0 Å². The topological polar surface area (TPSA) is 55.6 Å². The summed E-state index contributed by atoms with van der Waals surface area (Å²) in [5, 5.41) is 0. The molecule has 4 heteroatoms. The van der Waals surface area contributed by atoms with Crippen LogP contribution in [0.3, 0.4) is 0 Å². The van der Waals surface area contributed by atoms with Gasteiger partial charge in [0.15, 0.2) is 0 Å². The summed E-state index contributed by atoms with van der Waals surface area (Å²) in [6.45, 7) is 2.00. The third-order valence-electron chi connectivity index (χ3n) is 4.97. The van der Waals surface area contributed by atoms with Gasteiger partial charge in [0.05, 0.1) is 19.1 Å². The number of carbonyl (C=O) groups is 1. The van der Waals surface area contributed by atoms with Gasteiger partial charge < -0.3 is 15.4 Å². The summed E-state index contributed by atoms with van der Waals surface area (Å²) in [6, 6.07) is 0.397. The first-order valence-corrected chi connectivity index (χ1v) is 7.41. The van der Waals surface area contributed by atoms with Crippen LogP contribution in [0.15, 0.2) is 0 Å². The lowest BCUT2D eigenvalue weighted by molar-refractivity contribution is -0.142. The zero-order valence-electron chi connectivity index (χ0n) is 11.0. The van der Waals surface area contributed by atoms with Crippen molar-refractivity contribution in [2.75, 3.05) is 19.8 Å². The largest absolute Gasteiger partial charge is 0.379 e. The Morgan fingerprint density at radius 1 is 1.11 bits per heavy atom. The Hall–Kier alpha value is -0.610. The third-order valence-corrected chi connectivity index (χ3v) is 4.97. The fourth-order valence-corrected chi connectivity index (χ4v) is 3.94. The molecule has 1 saturated carbocycles. The van der Waals surface area contributed by atoms with Gasteiger partial charge in [0, 0.05) is 18.6 Å². The van der Waals surface area contributed by atoms with E-state index in [4.69, 9.17) is 10.5 Å². The molecule has 0 aromatic carbocycles. The van der Waals surface area contributed by atoms with E-state index in [1.807, 2.05) is 0 Å². The fraction of sp³-hybridized carbons (Fsp3) is 0.929. The van der Waals surface area contributed by atoms with Crippen molar-refractivity contribution in [1.29, 1.82) is 0 Å². The van der Waals surface area contributed by atoms with Crippen LogP contribution in [0.25, 0.3) is 0 Å². The molecule has 3 fully saturated rings. The van der Waals surface area contributed by atoms with Gasteiger partial charge in [-0.15, -0.1) is 0 Å². The van der Waals surface area contributed by atoms with Crippen LogP contribution in [0.5, 0.6) is 0 Å². The highest BCUT2D eigenvalue weighted by molar-refractivity contribution is 5.80. The van der Waals surface area contributed by atoms with Crippen LogP contribution >= 0.6 is 0 Å². The molecule has 102 valence electrons. The van der Waals surface area contributed by atoms with Gasteiger partial charge in [0.25, 0.3) is 0 Å². The molecule has 0 bridgehead atoms. The van der Waals surface area contributed by atoms with Gasteiger partial charge in [-0.3, -0.25) is 4.79 Å². The lowest BCUT2D eigenvalue weighted by Crippen LogP contribution is -2.53. The van der Waals surface area contributed by atoms with Crippen LogP contribution in [0, 0.1) is 11.8 Å². The van der Waals surface area contributed by atoms with Gasteiger partial charge >= 0.3 is 0 Å². The monoisotopic (exact) mass is 252 g/mol. The summed E-state index contributed by atoms with van der Waals surface area (Å²) in [5.41, 5.74) is 5.98. The highest BCUT2D eigenvalue weighted by Crippen LogP contribution is 2.36. The number of nitrogens with zero attached hydrogens (tertiary/aromatic N) is 1. The summed E-state index contributed by atoms with van der Waals surface area (Å²) in [5.74, 6) is 0.914. The van der Waals surface area contributed by atoms with E-state index in [1.165, 1.54) is 32.1 Å². The molecule has 3 aliphatic rings. The van der Waals surface area contributed by atoms with Crippen molar-refractivity contribution in [2.24, 2.45) is 17.6 Å². The van der Waals surface area contributed by atoms with Crippen LogP contribution in [0.4, 0.5) is 0 Å². The number of hydrogen-bond acceptors (Lipinski definition) is 3. The molecule has 0 radical (unpaired) electrons. The summed E-state index contributed by atoms with van der Waals surface area (Å²) < 4.78 is 5.34. The first-order valence-electron chi connectivity index (χ1n) is 7.41. The number of nitrogens with two attached hydrogens (primary N) is 1. The standard InChI is InChI=1S/C14H24N2O2/c15-12-9-18-8-11(12)14(17)16-7-3-5-10-4-1-2-6-13(10)16/h10-13H,1-9,15H2/t10-,11?,12?,13-/m1/s1. The Morgan fingerprint density at radius 2 is 1.89 bits per heavy atom. The maximum absolute atomic E-state index is 12.6. The van der Waals surface area contributed by atoms with Crippen LogP contribution in [0.1, 0.15) is 38.5 Å². The van der Waals surface area contributed by atoms with Crippen molar-refractivity contribution in [1.82, 2.24) is 4.90 Å². The maximum Gasteiger partial charge on any atom is 0.229 e. The molecule has 1 amide bonds. The first kappa shape index (κ1) is 12.4. The molecular weight excluding hydrogens is 228 g/mol. The van der Waals surface area contributed by atoms with Gasteiger partial charge in [-0.1, -0.05) is 12.8 Å². The number of hydrogen-bond donors (Lipinski definition) is 1. The average Bonchev–Trinajstić information content (AvgIpc) is 2.83. The smallest absolute Gasteiger partial charge is 0.229 e. The molecule has 2 N–H and O–H groups in total. The molecule has 1 aliphatic carbocycles. The minimum atomic E-state index is -0.0959. The maximum atomic E-state index is 12.6. The number of carbonyl (C=O) groups excluding carboxylic acids is 1. The lowest BCUT2D eigenvalue weighted by Gasteiger charge is -2.45. The number of fused-ring (bicyclic) bond motifs is 1. The van der Waals surface area contributed by atoms with E-state index in [0.717, 1.165) is 18.9 Å². The minimum Gasteiger partial charge on any atom is -0.379 e. The second-order valence-electron chi connectivity index (χ2n) is 6.09. The van der Waals surface area contributed by atoms with Crippen molar-refractivity contribution in [2.45, 2.75) is 50.6 Å². The second kappa shape index (κ2) is 5.17. The van der Waals surface area contributed by atoms with Crippen molar-refractivity contribution < 1.29 is 9.53 Å². The van der Waals surface area contributed by atoms with Crippen LogP contribution in [-0.2, 0) is 9.53 Å². The molecule has 0 spiro atoms. The quantitative estimate of drug-likeness (QED) is 0.761. The highest BCUT2D eigenvalue weighted by atomic mass is 16.5. The summed E-state index contributed by atoms with van der Waals surface area (Å²) >= 11 is 0. The van der Waals surface area contributed by atoms with Gasteiger partial charge in [0.1, 0.15) is 0 Å². The molecule has 2 heterocycles. The van der Waals surface area contributed by atoms with Crippen molar-refractivity contribution in [3.05, 3.63) is 0 Å². The van der Waals surface area contributed by atoms with Crippen molar-refractivity contribution in [3.63, 3.8) is 0 Å². The van der Waals surface area contributed by atoms with E-state index < -0.39 is 0 Å². The van der Waals surface area contributed by atoms with E-state index in [2.05, 4.69) is 4.90 Å². The Morgan fingerprint density at radius 3 is 2.67 bits per heavy atom. The van der Waals surface area contributed by atoms with Gasteiger partial charge in [-0.2, -0.15) is 0 Å². The number of piperidine rings is 1. The number of likely N-dealkylation sites (tertiary alicyclic amines) is 1. The van der Waals surface area contributed by atoms with E-state index in [9.17, 15) is 4.79 Å². The summed E-state index contributed by atoms with van der Waals surface area (Å²) in [7, 11) is 0. The van der Waals surface area contributed by atoms with E-state index in [1.54, 1.807) is 0 Å². The first-order chi connectivity index (χ1) is 8.77. The molecule has 4 nitrogen and oxygen atoms in total. The Bertz CT molecular complexity index is 319. The van der Waals surface area contributed by atoms with Crippen LogP contribution in [0.2, 0.25) is 0 Å². The van der Waals surface area contributed by atoms with Crippen molar-refractivity contribution in [3.8, 4) is 0 Å². The average molecular weight is 252 g/mol. The molecule has 2 aliphatic heterocycles. The normalized spacial score (nSPS) is 40.6. The molecule has 2 unspecified atom stereocenters. The zero-order valence-corrected chi connectivity index (χ0v) is 11.0. The molecule has 4 atom stereocenters. The SMILES string of the molecule is NC1COCC1C(=O)N1CCC[C@H]2CCCC[C@H]21. The molecule has 3 rings (SSSR count). The second-order valence-corrected chi connectivity index (χ2v) is 6.09. The molecule has 2 saturated heterocycles. The molecule has 0 aromatic heterocycles. The minimum absolute atomic E-state index is 0.0920. The Balaban J connectivity index is 1.71.